The van der Waals surface area contributed by atoms with Gasteiger partial charge in [0.25, 0.3) is 6.04 Å². The lowest BCUT2D eigenvalue weighted by atomic mass is 9.77. The Kier molecular flexibility index (Phi) is 5.27. The molecule has 3 atom stereocenters. The number of ether oxygens (including phenoxy) is 1. The molecule has 5 nitrogen and oxygen atoms in total. The molecule has 6 rings (SSSR count). The summed E-state index contributed by atoms with van der Waals surface area (Å²) in [6, 6.07) is 31.6. The van der Waals surface area contributed by atoms with Gasteiger partial charge in [0.2, 0.25) is 0 Å². The van der Waals surface area contributed by atoms with Gasteiger partial charge in [-0.25, -0.2) is 0 Å². The van der Waals surface area contributed by atoms with Crippen molar-refractivity contribution in [2.45, 2.75) is 18.1 Å². The van der Waals surface area contributed by atoms with Crippen molar-refractivity contribution in [2.75, 3.05) is 0 Å². The molecule has 172 valence electrons. The second-order valence-corrected chi connectivity index (χ2v) is 9.14. The first-order valence-electron chi connectivity index (χ1n) is 11.4. The zero-order valence-corrected chi connectivity index (χ0v) is 19.4. The van der Waals surface area contributed by atoms with E-state index in [2.05, 4.69) is 4.98 Å². The highest BCUT2D eigenvalue weighted by molar-refractivity contribution is 6.30. The molecule has 35 heavy (non-hydrogen) atoms. The quantitative estimate of drug-likeness (QED) is 0.215. The Morgan fingerprint density at radius 2 is 1.51 bits per heavy atom. The third kappa shape index (κ3) is 3.65. The molecule has 2 heterocycles. The van der Waals surface area contributed by atoms with Crippen LogP contribution in [-0.4, -0.2) is 15.9 Å². The third-order valence-electron chi connectivity index (χ3n) is 6.72. The van der Waals surface area contributed by atoms with Gasteiger partial charge < -0.3 is 9.72 Å². The lowest BCUT2D eigenvalue weighted by Crippen LogP contribution is -2.40. The SMILES string of the molecule is O=[N+]([O-])[C@H]1[C@H](c2c(-c3ccccc3)[nH]c3ccccc23)c2ccccc2O[C@H]1c1ccc(Cl)cc1. The van der Waals surface area contributed by atoms with Gasteiger partial charge in [-0.05, 0) is 35.4 Å². The van der Waals surface area contributed by atoms with Crippen LogP contribution in [0.1, 0.15) is 28.7 Å². The number of aromatic nitrogens is 1. The molecule has 1 N–H and O–H groups in total. The van der Waals surface area contributed by atoms with Crippen LogP contribution in [0.3, 0.4) is 0 Å². The van der Waals surface area contributed by atoms with E-state index in [-0.39, 0.29) is 4.92 Å². The molecule has 0 saturated carbocycles. The highest BCUT2D eigenvalue weighted by Crippen LogP contribution is 2.50. The van der Waals surface area contributed by atoms with Gasteiger partial charge in [-0.1, -0.05) is 90.5 Å². The molecule has 0 radical (unpaired) electrons. The summed E-state index contributed by atoms with van der Waals surface area (Å²) in [6.07, 6.45) is -0.778. The van der Waals surface area contributed by atoms with Gasteiger partial charge >= 0.3 is 0 Å². The topological polar surface area (TPSA) is 68.2 Å². The largest absolute Gasteiger partial charge is 0.478 e. The molecular weight excluding hydrogens is 460 g/mol. The van der Waals surface area contributed by atoms with Crippen LogP contribution in [0, 0.1) is 10.1 Å². The number of benzene rings is 4. The number of nitrogens with zero attached hydrogens (tertiary/aromatic N) is 1. The Labute approximate surface area is 207 Å². The van der Waals surface area contributed by atoms with Gasteiger partial charge in [0.1, 0.15) is 5.75 Å². The summed E-state index contributed by atoms with van der Waals surface area (Å²) in [4.78, 5) is 16.1. The summed E-state index contributed by atoms with van der Waals surface area (Å²) in [7, 11) is 0. The molecule has 0 bridgehead atoms. The van der Waals surface area contributed by atoms with E-state index in [1.165, 1.54) is 0 Å². The average Bonchev–Trinajstić information content (AvgIpc) is 3.28. The lowest BCUT2D eigenvalue weighted by molar-refractivity contribution is -0.538. The lowest BCUT2D eigenvalue weighted by Gasteiger charge is -2.35. The summed E-state index contributed by atoms with van der Waals surface area (Å²) in [5.41, 5.74) is 5.24. The molecule has 6 heteroatoms. The summed E-state index contributed by atoms with van der Waals surface area (Å²) in [6.45, 7) is 0. The molecule has 0 aliphatic carbocycles. The highest BCUT2D eigenvalue weighted by atomic mass is 35.5. The highest BCUT2D eigenvalue weighted by Gasteiger charge is 2.49. The van der Waals surface area contributed by atoms with Crippen molar-refractivity contribution < 1.29 is 9.66 Å². The number of halogens is 1. The number of fused-ring (bicyclic) bond motifs is 2. The maximum atomic E-state index is 12.8. The number of nitro groups is 1. The number of rotatable bonds is 4. The first-order chi connectivity index (χ1) is 17.1. The second-order valence-electron chi connectivity index (χ2n) is 8.71. The van der Waals surface area contributed by atoms with Crippen LogP contribution in [0.5, 0.6) is 5.75 Å². The standard InChI is InChI=1S/C29H21ClN2O3/c30-20-16-14-19(15-17-20)29-28(32(33)34)26(22-11-5-7-13-24(22)35-29)25-21-10-4-6-12-23(21)31-27(25)18-8-2-1-3-9-18/h1-17,26,28-29,31H/t26-,28-,29-/m0/s1. The Morgan fingerprint density at radius 3 is 2.29 bits per heavy atom. The van der Waals surface area contributed by atoms with E-state index in [1.54, 1.807) is 12.1 Å². The van der Waals surface area contributed by atoms with E-state index < -0.39 is 18.1 Å². The number of hydrogen-bond donors (Lipinski definition) is 1. The zero-order valence-electron chi connectivity index (χ0n) is 18.6. The minimum atomic E-state index is -1.05. The Balaban J connectivity index is 1.65. The van der Waals surface area contributed by atoms with Crippen molar-refractivity contribution >= 4 is 22.5 Å². The van der Waals surface area contributed by atoms with Gasteiger partial charge in [-0.15, -0.1) is 0 Å². The monoisotopic (exact) mass is 480 g/mol. The fraction of sp³-hybridized carbons (Fsp3) is 0.103. The Bertz CT molecular complexity index is 1530. The van der Waals surface area contributed by atoms with Crippen LogP contribution in [0.15, 0.2) is 103 Å². The molecule has 0 spiro atoms. The van der Waals surface area contributed by atoms with Gasteiger partial charge in [0.15, 0.2) is 6.10 Å². The van der Waals surface area contributed by atoms with Crippen LogP contribution in [0.25, 0.3) is 22.2 Å². The maximum Gasteiger partial charge on any atom is 0.264 e. The second kappa shape index (κ2) is 8.60. The van der Waals surface area contributed by atoms with E-state index in [1.807, 2.05) is 91.0 Å². The van der Waals surface area contributed by atoms with Crippen LogP contribution in [0.4, 0.5) is 0 Å². The molecule has 1 aromatic heterocycles. The Morgan fingerprint density at radius 1 is 0.829 bits per heavy atom. The van der Waals surface area contributed by atoms with Crippen LogP contribution in [0.2, 0.25) is 5.02 Å². The van der Waals surface area contributed by atoms with Gasteiger partial charge in [0, 0.05) is 32.0 Å². The van der Waals surface area contributed by atoms with Crippen molar-refractivity contribution in [3.63, 3.8) is 0 Å². The van der Waals surface area contributed by atoms with E-state index >= 15 is 0 Å². The normalized spacial score (nSPS) is 19.2. The van der Waals surface area contributed by atoms with Crippen molar-refractivity contribution in [2.24, 2.45) is 0 Å². The van der Waals surface area contributed by atoms with Crippen molar-refractivity contribution in [1.82, 2.24) is 4.98 Å². The summed E-state index contributed by atoms with van der Waals surface area (Å²) >= 11 is 6.12. The number of hydrogen-bond acceptors (Lipinski definition) is 3. The van der Waals surface area contributed by atoms with Crippen LogP contribution >= 0.6 is 11.6 Å². The molecule has 0 amide bonds. The van der Waals surface area contributed by atoms with Gasteiger partial charge in [0.05, 0.1) is 11.6 Å². The number of para-hydroxylation sites is 2. The number of H-pyrrole nitrogens is 1. The van der Waals surface area contributed by atoms with Gasteiger partial charge in [-0.2, -0.15) is 0 Å². The molecular formula is C29H21ClN2O3. The van der Waals surface area contributed by atoms with Crippen molar-refractivity contribution in [3.05, 3.63) is 135 Å². The summed E-state index contributed by atoms with van der Waals surface area (Å²) in [5, 5.41) is 14.3. The minimum Gasteiger partial charge on any atom is -0.478 e. The molecule has 1 aliphatic rings. The first kappa shape index (κ1) is 21.4. The summed E-state index contributed by atoms with van der Waals surface area (Å²) < 4.78 is 6.32. The van der Waals surface area contributed by atoms with Crippen LogP contribution < -0.4 is 4.74 Å². The summed E-state index contributed by atoms with van der Waals surface area (Å²) in [5.74, 6) is 0.113. The maximum absolute atomic E-state index is 12.8. The molecule has 4 aromatic carbocycles. The first-order valence-corrected chi connectivity index (χ1v) is 11.8. The predicted molar refractivity (Wildman–Crippen MR) is 138 cm³/mol. The van der Waals surface area contributed by atoms with E-state index in [9.17, 15) is 10.1 Å². The van der Waals surface area contributed by atoms with Crippen molar-refractivity contribution in [3.8, 4) is 17.0 Å². The minimum absolute atomic E-state index is 0.198. The number of aromatic amines is 1. The van der Waals surface area contributed by atoms with Crippen LogP contribution in [-0.2, 0) is 0 Å². The fourth-order valence-corrected chi connectivity index (χ4v) is 5.33. The smallest absolute Gasteiger partial charge is 0.264 e. The van der Waals surface area contributed by atoms with E-state index in [4.69, 9.17) is 16.3 Å². The van der Waals surface area contributed by atoms with Gasteiger partial charge in [-0.3, -0.25) is 10.1 Å². The van der Waals surface area contributed by atoms with E-state index in [0.29, 0.717) is 10.8 Å². The predicted octanol–water partition coefficient (Wildman–Crippen LogP) is 7.40. The molecule has 1 aliphatic heterocycles. The van der Waals surface area contributed by atoms with E-state index in [0.717, 1.165) is 38.9 Å². The zero-order chi connectivity index (χ0) is 23.9. The average molecular weight is 481 g/mol. The number of nitrogens with one attached hydrogen (secondary N) is 1. The molecule has 5 aromatic rings. The molecule has 0 unspecified atom stereocenters. The van der Waals surface area contributed by atoms with Crippen molar-refractivity contribution in [1.29, 1.82) is 0 Å². The Hall–Kier alpha value is -4.09. The molecule has 0 fully saturated rings. The third-order valence-corrected chi connectivity index (χ3v) is 6.97. The molecule has 0 saturated heterocycles. The fourth-order valence-electron chi connectivity index (χ4n) is 5.21.